The summed E-state index contributed by atoms with van der Waals surface area (Å²) in [6.07, 6.45) is 3.12. The summed E-state index contributed by atoms with van der Waals surface area (Å²) < 4.78 is 12.7. The SMILES string of the molecule is CCOC(=O)c1c(C)nc(SC)nc1N1CC2CC(O[Si](CC)(CC)CC)C(C1)N2C(C)(C)c1ccccc1. The van der Waals surface area contributed by atoms with Crippen LogP contribution in [0.1, 0.15) is 69.6 Å². The fourth-order valence-electron chi connectivity index (χ4n) is 6.69. The molecule has 0 spiro atoms. The summed E-state index contributed by atoms with van der Waals surface area (Å²) in [5, 5.41) is 0.678. The Morgan fingerprint density at radius 2 is 1.74 bits per heavy atom. The summed E-state index contributed by atoms with van der Waals surface area (Å²) in [6, 6.07) is 14.7. The molecule has 7 nitrogen and oxygen atoms in total. The van der Waals surface area contributed by atoms with E-state index in [1.54, 1.807) is 0 Å². The second-order valence-corrected chi connectivity index (χ2v) is 16.8. The number of hydrogen-bond donors (Lipinski definition) is 0. The molecule has 0 amide bonds. The van der Waals surface area contributed by atoms with Gasteiger partial charge in [-0.25, -0.2) is 14.8 Å². The van der Waals surface area contributed by atoms with Crippen LogP contribution >= 0.6 is 11.8 Å². The van der Waals surface area contributed by atoms with Gasteiger partial charge in [-0.2, -0.15) is 0 Å². The van der Waals surface area contributed by atoms with Gasteiger partial charge >= 0.3 is 5.97 Å². The van der Waals surface area contributed by atoms with Gasteiger partial charge < -0.3 is 14.1 Å². The Balaban J connectivity index is 1.77. The van der Waals surface area contributed by atoms with Crippen LogP contribution in [0.5, 0.6) is 0 Å². The largest absolute Gasteiger partial charge is 0.462 e. The van der Waals surface area contributed by atoms with E-state index < -0.39 is 8.32 Å². The van der Waals surface area contributed by atoms with Crippen molar-refractivity contribution in [3.8, 4) is 0 Å². The summed E-state index contributed by atoms with van der Waals surface area (Å²) in [7, 11) is -1.82. The van der Waals surface area contributed by atoms with Crippen molar-refractivity contribution in [2.75, 3.05) is 30.9 Å². The molecule has 214 valence electrons. The highest BCUT2D eigenvalue weighted by atomic mass is 32.2. The van der Waals surface area contributed by atoms with Crippen LogP contribution < -0.4 is 4.90 Å². The van der Waals surface area contributed by atoms with E-state index in [1.807, 2.05) is 20.1 Å². The number of aryl methyl sites for hydroxylation is 1. The first kappa shape index (κ1) is 30.0. The van der Waals surface area contributed by atoms with Gasteiger partial charge in [0.05, 0.1) is 24.4 Å². The lowest BCUT2D eigenvalue weighted by molar-refractivity contribution is 0.0249. The molecule has 2 aliphatic heterocycles. The Kier molecular flexibility index (Phi) is 9.46. The second kappa shape index (κ2) is 12.3. The van der Waals surface area contributed by atoms with Gasteiger partial charge in [0.15, 0.2) is 13.5 Å². The molecule has 2 bridgehead atoms. The van der Waals surface area contributed by atoms with Crippen molar-refractivity contribution in [2.24, 2.45) is 0 Å². The van der Waals surface area contributed by atoms with Gasteiger partial charge in [0.1, 0.15) is 11.4 Å². The van der Waals surface area contributed by atoms with Crippen LogP contribution in [-0.4, -0.2) is 73.3 Å². The molecule has 2 saturated heterocycles. The number of thioether (sulfide) groups is 1. The Hall–Kier alpha value is -1.94. The molecule has 0 N–H and O–H groups in total. The zero-order valence-electron chi connectivity index (χ0n) is 25.0. The van der Waals surface area contributed by atoms with Crippen LogP contribution in [0.15, 0.2) is 35.5 Å². The minimum absolute atomic E-state index is 0.156. The zero-order chi connectivity index (χ0) is 28.4. The van der Waals surface area contributed by atoms with E-state index in [0.29, 0.717) is 28.8 Å². The van der Waals surface area contributed by atoms with E-state index in [0.717, 1.165) is 37.6 Å². The fourth-order valence-corrected chi connectivity index (χ4v) is 9.99. The molecule has 9 heteroatoms. The minimum atomic E-state index is -1.82. The first-order valence-electron chi connectivity index (χ1n) is 14.5. The molecule has 0 aliphatic carbocycles. The van der Waals surface area contributed by atoms with Crippen LogP contribution in [0.3, 0.4) is 0 Å². The molecule has 2 aliphatic rings. The number of fused-ring (bicyclic) bond motifs is 2. The number of rotatable bonds is 11. The molecule has 39 heavy (non-hydrogen) atoms. The van der Waals surface area contributed by atoms with Crippen molar-refractivity contribution in [1.82, 2.24) is 14.9 Å². The Bertz CT molecular complexity index is 1140. The molecule has 3 unspecified atom stereocenters. The molecule has 1 aromatic carbocycles. The molecule has 2 fully saturated rings. The number of carbonyl (C=O) groups is 1. The number of esters is 1. The third kappa shape index (κ3) is 5.78. The normalized spacial score (nSPS) is 21.8. The Morgan fingerprint density at radius 1 is 1.08 bits per heavy atom. The number of nitrogens with zero attached hydrogens (tertiary/aromatic N) is 4. The monoisotopic (exact) mass is 570 g/mol. The first-order valence-corrected chi connectivity index (χ1v) is 18.3. The van der Waals surface area contributed by atoms with Gasteiger partial charge in [-0.15, -0.1) is 0 Å². The summed E-state index contributed by atoms with van der Waals surface area (Å²) in [6.45, 7) is 17.2. The van der Waals surface area contributed by atoms with Crippen molar-refractivity contribution in [2.45, 2.75) is 102 Å². The molecule has 0 saturated carbocycles. The van der Waals surface area contributed by atoms with Gasteiger partial charge in [0.2, 0.25) is 0 Å². The third-order valence-electron chi connectivity index (χ3n) is 8.99. The van der Waals surface area contributed by atoms with Crippen LogP contribution in [0, 0.1) is 6.92 Å². The van der Waals surface area contributed by atoms with Crippen LogP contribution in [0.25, 0.3) is 0 Å². The lowest BCUT2D eigenvalue weighted by atomic mass is 9.89. The van der Waals surface area contributed by atoms with Crippen molar-refractivity contribution < 1.29 is 14.0 Å². The standard InChI is InChI=1S/C30H46N4O3SSi/c1-9-36-28(35)26-21(5)31-29(38-8)32-27(26)33-19-23-18-25(37-39(10-2,11-3)12-4)24(20-33)34(23)30(6,7)22-16-14-13-15-17-22/h13-17,23-25H,9-12,18-20H2,1-8H3. The molecule has 3 heterocycles. The fraction of sp³-hybridized carbons (Fsp3) is 0.633. The molecule has 2 aromatic rings. The zero-order valence-corrected chi connectivity index (χ0v) is 26.8. The number of piperazine rings is 1. The molecular formula is C30H46N4O3SSi. The number of benzene rings is 1. The van der Waals surface area contributed by atoms with Gasteiger partial charge in [-0.05, 0) is 64.1 Å². The van der Waals surface area contributed by atoms with E-state index >= 15 is 0 Å². The molecule has 4 rings (SSSR count). The van der Waals surface area contributed by atoms with Crippen molar-refractivity contribution in [3.63, 3.8) is 0 Å². The summed E-state index contributed by atoms with van der Waals surface area (Å²) in [5.41, 5.74) is 2.31. The smallest absolute Gasteiger partial charge is 0.343 e. The number of ether oxygens (including phenoxy) is 1. The summed E-state index contributed by atoms with van der Waals surface area (Å²) in [5.74, 6) is 0.349. The minimum Gasteiger partial charge on any atom is -0.462 e. The van der Waals surface area contributed by atoms with Crippen molar-refractivity contribution in [3.05, 3.63) is 47.2 Å². The molecule has 3 atom stereocenters. The Morgan fingerprint density at radius 3 is 2.33 bits per heavy atom. The van der Waals surface area contributed by atoms with E-state index in [1.165, 1.54) is 17.3 Å². The van der Waals surface area contributed by atoms with Gasteiger partial charge in [0.25, 0.3) is 0 Å². The van der Waals surface area contributed by atoms with Gasteiger partial charge in [-0.3, -0.25) is 4.90 Å². The summed E-state index contributed by atoms with van der Waals surface area (Å²) in [4.78, 5) is 27.6. The summed E-state index contributed by atoms with van der Waals surface area (Å²) >= 11 is 1.50. The number of hydrogen-bond acceptors (Lipinski definition) is 8. The second-order valence-electron chi connectivity index (χ2n) is 11.3. The first-order chi connectivity index (χ1) is 18.6. The lowest BCUT2D eigenvalue weighted by Crippen LogP contribution is -2.62. The van der Waals surface area contributed by atoms with E-state index in [9.17, 15) is 4.79 Å². The van der Waals surface area contributed by atoms with Crippen LogP contribution in [-0.2, 0) is 14.7 Å². The van der Waals surface area contributed by atoms with E-state index in [4.69, 9.17) is 14.1 Å². The maximum absolute atomic E-state index is 13.1. The predicted octanol–water partition coefficient (Wildman–Crippen LogP) is 6.27. The highest BCUT2D eigenvalue weighted by molar-refractivity contribution is 7.98. The third-order valence-corrected chi connectivity index (χ3v) is 14.2. The highest BCUT2D eigenvalue weighted by Gasteiger charge is 2.54. The lowest BCUT2D eigenvalue weighted by Gasteiger charge is -2.50. The topological polar surface area (TPSA) is 67.8 Å². The average Bonchev–Trinajstić information content (AvgIpc) is 3.17. The quantitative estimate of drug-likeness (QED) is 0.135. The Labute approximate surface area is 240 Å². The maximum atomic E-state index is 13.1. The van der Waals surface area contributed by atoms with Gasteiger partial charge in [-0.1, -0.05) is 62.9 Å². The van der Waals surface area contributed by atoms with Gasteiger partial charge in [0, 0.05) is 24.7 Å². The maximum Gasteiger partial charge on any atom is 0.343 e. The molecule has 1 aromatic heterocycles. The van der Waals surface area contributed by atoms with Crippen LogP contribution in [0.2, 0.25) is 18.1 Å². The number of carbonyl (C=O) groups excluding carboxylic acids is 1. The average molecular weight is 571 g/mol. The molecule has 0 radical (unpaired) electrons. The number of aromatic nitrogens is 2. The predicted molar refractivity (Wildman–Crippen MR) is 162 cm³/mol. The number of anilines is 1. The highest BCUT2D eigenvalue weighted by Crippen LogP contribution is 2.45. The van der Waals surface area contributed by atoms with E-state index in [2.05, 4.69) is 79.7 Å². The van der Waals surface area contributed by atoms with E-state index in [-0.39, 0.29) is 29.7 Å². The molecular weight excluding hydrogens is 525 g/mol. The van der Waals surface area contributed by atoms with Crippen LogP contribution in [0.4, 0.5) is 5.82 Å². The van der Waals surface area contributed by atoms with Crippen molar-refractivity contribution >= 4 is 31.9 Å². The van der Waals surface area contributed by atoms with Crippen molar-refractivity contribution in [1.29, 1.82) is 0 Å².